The molecule has 0 aliphatic heterocycles. The smallest absolute Gasteiger partial charge is 0.343 e. The highest BCUT2D eigenvalue weighted by Gasteiger charge is 2.09. The van der Waals surface area contributed by atoms with Crippen LogP contribution in [0.3, 0.4) is 0 Å². The molecule has 0 fully saturated rings. The Labute approximate surface area is 122 Å². The minimum Gasteiger partial charge on any atom is -0.427 e. The predicted octanol–water partition coefficient (Wildman–Crippen LogP) is 2.87. The van der Waals surface area contributed by atoms with Crippen molar-refractivity contribution in [3.63, 3.8) is 0 Å². The van der Waals surface area contributed by atoms with Gasteiger partial charge in [0, 0.05) is 19.7 Å². The van der Waals surface area contributed by atoms with E-state index in [9.17, 15) is 9.59 Å². The number of hydrogen-bond donors (Lipinski definition) is 1. The van der Waals surface area contributed by atoms with Gasteiger partial charge in [-0.05, 0) is 48.5 Å². The standard InChI is InChI=1S/C16H15NO4/c1-11(18)20-14-7-3-12(4-8-14)16(19)21-15-9-5-13(17-2)6-10-15/h3-10,17H,1-2H3. The first-order valence-electron chi connectivity index (χ1n) is 6.37. The lowest BCUT2D eigenvalue weighted by molar-refractivity contribution is -0.131. The second-order valence-electron chi connectivity index (χ2n) is 4.28. The third-order valence-electron chi connectivity index (χ3n) is 2.71. The van der Waals surface area contributed by atoms with Gasteiger partial charge < -0.3 is 14.8 Å². The Morgan fingerprint density at radius 3 is 1.90 bits per heavy atom. The molecule has 0 heterocycles. The van der Waals surface area contributed by atoms with E-state index in [1.54, 1.807) is 36.4 Å². The zero-order valence-corrected chi connectivity index (χ0v) is 11.8. The van der Waals surface area contributed by atoms with E-state index in [1.807, 2.05) is 19.2 Å². The first-order valence-corrected chi connectivity index (χ1v) is 6.37. The Hall–Kier alpha value is -2.82. The summed E-state index contributed by atoms with van der Waals surface area (Å²) >= 11 is 0. The van der Waals surface area contributed by atoms with E-state index in [0.29, 0.717) is 17.1 Å². The average Bonchev–Trinajstić information content (AvgIpc) is 2.48. The summed E-state index contributed by atoms with van der Waals surface area (Å²) in [6.07, 6.45) is 0. The van der Waals surface area contributed by atoms with Crippen molar-refractivity contribution in [1.82, 2.24) is 0 Å². The van der Waals surface area contributed by atoms with Crippen LogP contribution in [0.4, 0.5) is 5.69 Å². The first-order chi connectivity index (χ1) is 10.1. The number of ether oxygens (including phenoxy) is 2. The van der Waals surface area contributed by atoms with Crippen molar-refractivity contribution in [2.75, 3.05) is 12.4 Å². The predicted molar refractivity (Wildman–Crippen MR) is 78.7 cm³/mol. The molecule has 0 saturated heterocycles. The Kier molecular flexibility index (Phi) is 4.56. The van der Waals surface area contributed by atoms with Crippen LogP contribution in [-0.4, -0.2) is 19.0 Å². The zero-order chi connectivity index (χ0) is 15.2. The van der Waals surface area contributed by atoms with E-state index in [4.69, 9.17) is 9.47 Å². The van der Waals surface area contributed by atoms with Gasteiger partial charge in [0.05, 0.1) is 5.56 Å². The summed E-state index contributed by atoms with van der Waals surface area (Å²) in [5.74, 6) is -0.0305. The first kappa shape index (κ1) is 14.6. The maximum atomic E-state index is 12.0. The van der Waals surface area contributed by atoms with Crippen molar-refractivity contribution < 1.29 is 19.1 Å². The van der Waals surface area contributed by atoms with Gasteiger partial charge in [0.1, 0.15) is 11.5 Å². The molecule has 0 radical (unpaired) electrons. The third kappa shape index (κ3) is 4.07. The molecule has 0 saturated carbocycles. The topological polar surface area (TPSA) is 64.6 Å². The monoisotopic (exact) mass is 285 g/mol. The lowest BCUT2D eigenvalue weighted by Crippen LogP contribution is -2.08. The van der Waals surface area contributed by atoms with Crippen LogP contribution in [-0.2, 0) is 4.79 Å². The van der Waals surface area contributed by atoms with E-state index in [2.05, 4.69) is 5.32 Å². The fraction of sp³-hybridized carbons (Fsp3) is 0.125. The Bertz CT molecular complexity index is 632. The molecule has 0 amide bonds. The molecule has 0 aromatic heterocycles. The number of carbonyl (C=O) groups is 2. The zero-order valence-electron chi connectivity index (χ0n) is 11.8. The van der Waals surface area contributed by atoms with Crippen molar-refractivity contribution in [3.8, 4) is 11.5 Å². The summed E-state index contributed by atoms with van der Waals surface area (Å²) in [6, 6.07) is 13.2. The van der Waals surface area contributed by atoms with Crippen molar-refractivity contribution >= 4 is 17.6 Å². The molecule has 108 valence electrons. The number of esters is 2. The molecule has 5 nitrogen and oxygen atoms in total. The van der Waals surface area contributed by atoms with Gasteiger partial charge in [-0.3, -0.25) is 4.79 Å². The minimum absolute atomic E-state index is 0.378. The van der Waals surface area contributed by atoms with Crippen LogP contribution < -0.4 is 14.8 Å². The average molecular weight is 285 g/mol. The van der Waals surface area contributed by atoms with E-state index < -0.39 is 11.9 Å². The molecule has 1 N–H and O–H groups in total. The van der Waals surface area contributed by atoms with Crippen LogP contribution in [0.25, 0.3) is 0 Å². The quantitative estimate of drug-likeness (QED) is 0.691. The van der Waals surface area contributed by atoms with Gasteiger partial charge in [0.25, 0.3) is 0 Å². The summed E-state index contributed by atoms with van der Waals surface area (Å²) in [5.41, 5.74) is 1.31. The molecular formula is C16H15NO4. The van der Waals surface area contributed by atoms with Crippen LogP contribution >= 0.6 is 0 Å². The summed E-state index contributed by atoms with van der Waals surface area (Å²) < 4.78 is 10.1. The summed E-state index contributed by atoms with van der Waals surface area (Å²) in [7, 11) is 1.81. The molecule has 21 heavy (non-hydrogen) atoms. The number of benzene rings is 2. The van der Waals surface area contributed by atoms with Gasteiger partial charge in [-0.25, -0.2) is 4.79 Å². The molecule has 2 rings (SSSR count). The lowest BCUT2D eigenvalue weighted by Gasteiger charge is -2.06. The van der Waals surface area contributed by atoms with Gasteiger partial charge >= 0.3 is 11.9 Å². The Morgan fingerprint density at radius 2 is 1.38 bits per heavy atom. The minimum atomic E-state index is -0.471. The molecule has 0 bridgehead atoms. The highest BCUT2D eigenvalue weighted by Crippen LogP contribution is 2.18. The van der Waals surface area contributed by atoms with E-state index in [1.165, 1.54) is 6.92 Å². The van der Waals surface area contributed by atoms with E-state index in [0.717, 1.165) is 5.69 Å². The molecule has 5 heteroatoms. The van der Waals surface area contributed by atoms with Crippen LogP contribution in [0.5, 0.6) is 11.5 Å². The Balaban J connectivity index is 2.03. The van der Waals surface area contributed by atoms with Crippen molar-refractivity contribution in [2.24, 2.45) is 0 Å². The van der Waals surface area contributed by atoms with Crippen LogP contribution in [0.1, 0.15) is 17.3 Å². The summed E-state index contributed by atoms with van der Waals surface area (Å²) in [6.45, 7) is 1.32. The van der Waals surface area contributed by atoms with Gasteiger partial charge in [-0.15, -0.1) is 0 Å². The third-order valence-corrected chi connectivity index (χ3v) is 2.71. The maximum Gasteiger partial charge on any atom is 0.343 e. The fourth-order valence-corrected chi connectivity index (χ4v) is 1.68. The van der Waals surface area contributed by atoms with Gasteiger partial charge in [-0.1, -0.05) is 0 Å². The van der Waals surface area contributed by atoms with Crippen LogP contribution in [0.15, 0.2) is 48.5 Å². The highest BCUT2D eigenvalue weighted by molar-refractivity contribution is 5.91. The normalized spacial score (nSPS) is 9.81. The molecule has 0 atom stereocenters. The fourth-order valence-electron chi connectivity index (χ4n) is 1.68. The molecule has 0 spiro atoms. The lowest BCUT2D eigenvalue weighted by atomic mass is 10.2. The molecule has 2 aromatic rings. The number of nitrogens with one attached hydrogen (secondary N) is 1. The van der Waals surface area contributed by atoms with Gasteiger partial charge in [0.2, 0.25) is 0 Å². The van der Waals surface area contributed by atoms with E-state index >= 15 is 0 Å². The summed E-state index contributed by atoms with van der Waals surface area (Å²) in [4.78, 5) is 22.8. The molecule has 0 aliphatic carbocycles. The largest absolute Gasteiger partial charge is 0.427 e. The van der Waals surface area contributed by atoms with Crippen LogP contribution in [0.2, 0.25) is 0 Å². The maximum absolute atomic E-state index is 12.0. The molecule has 0 unspecified atom stereocenters. The van der Waals surface area contributed by atoms with Crippen molar-refractivity contribution in [2.45, 2.75) is 6.92 Å². The van der Waals surface area contributed by atoms with Crippen molar-refractivity contribution in [1.29, 1.82) is 0 Å². The second-order valence-corrected chi connectivity index (χ2v) is 4.28. The number of hydrogen-bond acceptors (Lipinski definition) is 5. The van der Waals surface area contributed by atoms with Gasteiger partial charge in [-0.2, -0.15) is 0 Å². The molecule has 2 aromatic carbocycles. The van der Waals surface area contributed by atoms with Gasteiger partial charge in [0.15, 0.2) is 0 Å². The number of rotatable bonds is 4. The summed E-state index contributed by atoms with van der Waals surface area (Å²) in [5, 5.41) is 2.98. The van der Waals surface area contributed by atoms with Crippen LogP contribution in [0, 0.1) is 0 Å². The van der Waals surface area contributed by atoms with Crippen molar-refractivity contribution in [3.05, 3.63) is 54.1 Å². The highest BCUT2D eigenvalue weighted by atomic mass is 16.5. The molecular weight excluding hydrogens is 270 g/mol. The number of anilines is 1. The van der Waals surface area contributed by atoms with E-state index in [-0.39, 0.29) is 0 Å². The SMILES string of the molecule is CNc1ccc(OC(=O)c2ccc(OC(C)=O)cc2)cc1. The Morgan fingerprint density at radius 1 is 0.857 bits per heavy atom. The molecule has 0 aliphatic rings. The second kappa shape index (κ2) is 6.56. The number of carbonyl (C=O) groups excluding carboxylic acids is 2.